The van der Waals surface area contributed by atoms with Gasteiger partial charge >= 0.3 is 0 Å². The van der Waals surface area contributed by atoms with Gasteiger partial charge in [-0.05, 0) is 19.3 Å². The van der Waals surface area contributed by atoms with Crippen LogP contribution in [-0.4, -0.2) is 14.9 Å². The molecular weight excluding hydrogens is 238 g/mol. The Morgan fingerprint density at radius 2 is 2.25 bits per heavy atom. The fourth-order valence-corrected chi connectivity index (χ4v) is 4.14. The fraction of sp³-hybridized carbons (Fsp3) is 0.750. The van der Waals surface area contributed by atoms with Crippen molar-refractivity contribution in [2.75, 3.05) is 5.75 Å². The average molecular weight is 259 g/mol. The van der Waals surface area contributed by atoms with Crippen LogP contribution in [0.2, 0.25) is 0 Å². The molecule has 2 nitrogen and oxygen atoms in total. The summed E-state index contributed by atoms with van der Waals surface area (Å²) in [6, 6.07) is 0. The van der Waals surface area contributed by atoms with E-state index in [0.29, 0.717) is 5.92 Å². The molecule has 0 bridgehead atoms. The number of aromatic nitrogens is 1. The quantitative estimate of drug-likeness (QED) is 0.746. The van der Waals surface area contributed by atoms with Crippen molar-refractivity contribution in [3.8, 4) is 0 Å². The van der Waals surface area contributed by atoms with Gasteiger partial charge in [0.15, 0.2) is 4.34 Å². The maximum atomic E-state index is 12.0. The lowest BCUT2D eigenvalue weighted by molar-refractivity contribution is 0.494. The third-order valence-corrected chi connectivity index (χ3v) is 5.58. The van der Waals surface area contributed by atoms with Crippen LogP contribution >= 0.6 is 11.3 Å². The van der Waals surface area contributed by atoms with Crippen LogP contribution in [0.3, 0.4) is 0 Å². The van der Waals surface area contributed by atoms with E-state index in [1.165, 1.54) is 30.6 Å². The Hall–Kier alpha value is -0.220. The third-order valence-electron chi connectivity index (χ3n) is 2.72. The summed E-state index contributed by atoms with van der Waals surface area (Å²) in [5.41, 5.74) is 0.981. The summed E-state index contributed by atoms with van der Waals surface area (Å²) in [7, 11) is -0.889. The summed E-state index contributed by atoms with van der Waals surface area (Å²) in [5, 5.41) is 1.97. The second-order valence-corrected chi connectivity index (χ2v) is 6.71. The van der Waals surface area contributed by atoms with Gasteiger partial charge in [0.25, 0.3) is 0 Å². The van der Waals surface area contributed by atoms with Crippen molar-refractivity contribution in [3.05, 3.63) is 11.1 Å². The Morgan fingerprint density at radius 3 is 2.75 bits per heavy atom. The highest BCUT2D eigenvalue weighted by Crippen LogP contribution is 2.19. The number of hydrogen-bond acceptors (Lipinski definition) is 3. The van der Waals surface area contributed by atoms with Gasteiger partial charge in [-0.1, -0.05) is 33.1 Å². The first kappa shape index (κ1) is 13.8. The first-order valence-electron chi connectivity index (χ1n) is 5.97. The smallest absolute Gasteiger partial charge is 0.180 e. The minimum absolute atomic E-state index is 0.588. The number of hydrogen-bond donors (Lipinski definition) is 0. The van der Waals surface area contributed by atoms with Gasteiger partial charge in [0.05, 0.1) is 10.8 Å². The summed E-state index contributed by atoms with van der Waals surface area (Å²) in [5.74, 6) is 1.37. The molecule has 4 heteroatoms. The average Bonchev–Trinajstić information content (AvgIpc) is 2.70. The third kappa shape index (κ3) is 4.34. The molecule has 0 radical (unpaired) electrons. The number of unbranched alkanes of at least 4 members (excludes halogenated alkanes) is 1. The molecule has 0 aliphatic carbocycles. The van der Waals surface area contributed by atoms with E-state index in [0.717, 1.165) is 22.2 Å². The monoisotopic (exact) mass is 259 g/mol. The zero-order valence-electron chi connectivity index (χ0n) is 10.4. The van der Waals surface area contributed by atoms with Gasteiger partial charge in [-0.2, -0.15) is 0 Å². The summed E-state index contributed by atoms with van der Waals surface area (Å²) in [6.07, 6.45) is 4.78. The van der Waals surface area contributed by atoms with Crippen molar-refractivity contribution in [1.29, 1.82) is 0 Å². The van der Waals surface area contributed by atoms with Crippen LogP contribution < -0.4 is 0 Å². The number of thiazole rings is 1. The molecule has 1 aromatic rings. The van der Waals surface area contributed by atoms with Gasteiger partial charge in [0.1, 0.15) is 0 Å². The molecule has 0 aromatic carbocycles. The van der Waals surface area contributed by atoms with Crippen LogP contribution in [-0.2, 0) is 10.8 Å². The molecule has 16 heavy (non-hydrogen) atoms. The second-order valence-electron chi connectivity index (χ2n) is 4.18. The molecule has 1 rings (SSSR count). The first-order chi connectivity index (χ1) is 7.67. The first-order valence-corrected chi connectivity index (χ1v) is 8.17. The summed E-state index contributed by atoms with van der Waals surface area (Å²) >= 11 is 1.52. The predicted molar refractivity (Wildman–Crippen MR) is 71.4 cm³/mol. The standard InChI is InChI=1S/C12H21NOS2/c1-4-6-7-11(5-2)9-16(14)12-13-10(3)8-15-12/h8,11H,4-7,9H2,1-3H3. The van der Waals surface area contributed by atoms with Gasteiger partial charge in [0, 0.05) is 16.8 Å². The van der Waals surface area contributed by atoms with Crippen LogP contribution in [0, 0.1) is 12.8 Å². The normalized spacial score (nSPS) is 14.9. The van der Waals surface area contributed by atoms with E-state index in [9.17, 15) is 4.21 Å². The molecule has 1 heterocycles. The molecule has 0 saturated heterocycles. The van der Waals surface area contributed by atoms with Crippen molar-refractivity contribution >= 4 is 22.1 Å². The second kappa shape index (κ2) is 7.17. The van der Waals surface area contributed by atoms with Crippen molar-refractivity contribution in [2.45, 2.75) is 50.8 Å². The van der Waals surface area contributed by atoms with Gasteiger partial charge < -0.3 is 0 Å². The number of nitrogens with zero attached hydrogens (tertiary/aromatic N) is 1. The molecule has 2 unspecified atom stereocenters. The minimum atomic E-state index is -0.889. The Kier molecular flexibility index (Phi) is 6.21. The van der Waals surface area contributed by atoms with E-state index in [-0.39, 0.29) is 0 Å². The maximum absolute atomic E-state index is 12.0. The van der Waals surface area contributed by atoms with Crippen LogP contribution in [0.15, 0.2) is 9.72 Å². The van der Waals surface area contributed by atoms with Crippen LogP contribution in [0.4, 0.5) is 0 Å². The molecule has 0 spiro atoms. The SMILES string of the molecule is CCCCC(CC)CS(=O)c1nc(C)cs1. The highest BCUT2D eigenvalue weighted by Gasteiger charge is 2.14. The van der Waals surface area contributed by atoms with Crippen LogP contribution in [0.25, 0.3) is 0 Å². The lowest BCUT2D eigenvalue weighted by Gasteiger charge is -2.12. The topological polar surface area (TPSA) is 30.0 Å². The Bertz CT molecular complexity index is 336. The lowest BCUT2D eigenvalue weighted by Crippen LogP contribution is -2.10. The van der Waals surface area contributed by atoms with Gasteiger partial charge in [0.2, 0.25) is 0 Å². The molecular formula is C12H21NOS2. The predicted octanol–water partition coefficient (Wildman–Crippen LogP) is 3.78. The van der Waals surface area contributed by atoms with Crippen molar-refractivity contribution in [3.63, 3.8) is 0 Å². The van der Waals surface area contributed by atoms with E-state index in [1.807, 2.05) is 12.3 Å². The van der Waals surface area contributed by atoms with Crippen LogP contribution in [0.1, 0.15) is 45.2 Å². The number of rotatable bonds is 7. The molecule has 0 aliphatic heterocycles. The van der Waals surface area contributed by atoms with E-state index < -0.39 is 10.8 Å². The minimum Gasteiger partial charge on any atom is -0.252 e. The maximum Gasteiger partial charge on any atom is 0.180 e. The Labute approximate surface area is 105 Å². The summed E-state index contributed by atoms with van der Waals surface area (Å²) in [6.45, 7) is 6.34. The van der Waals surface area contributed by atoms with Crippen molar-refractivity contribution in [1.82, 2.24) is 4.98 Å². The molecule has 0 amide bonds. The largest absolute Gasteiger partial charge is 0.252 e. The molecule has 2 atom stereocenters. The van der Waals surface area contributed by atoms with Gasteiger partial charge in [-0.15, -0.1) is 11.3 Å². The summed E-state index contributed by atoms with van der Waals surface area (Å²) < 4.78 is 12.8. The number of aryl methyl sites for hydroxylation is 1. The zero-order valence-corrected chi connectivity index (χ0v) is 12.0. The lowest BCUT2D eigenvalue weighted by atomic mass is 10.0. The Balaban J connectivity index is 2.48. The van der Waals surface area contributed by atoms with Gasteiger partial charge in [-0.3, -0.25) is 4.21 Å². The summed E-state index contributed by atoms with van der Waals surface area (Å²) in [4.78, 5) is 4.30. The van der Waals surface area contributed by atoms with Crippen LogP contribution in [0.5, 0.6) is 0 Å². The molecule has 0 fully saturated rings. The molecule has 0 N–H and O–H groups in total. The Morgan fingerprint density at radius 1 is 1.50 bits per heavy atom. The van der Waals surface area contributed by atoms with Crippen molar-refractivity contribution < 1.29 is 4.21 Å². The van der Waals surface area contributed by atoms with Gasteiger partial charge in [-0.25, -0.2) is 4.98 Å². The highest BCUT2D eigenvalue weighted by molar-refractivity contribution is 7.87. The van der Waals surface area contributed by atoms with E-state index in [4.69, 9.17) is 0 Å². The van der Waals surface area contributed by atoms with E-state index >= 15 is 0 Å². The van der Waals surface area contributed by atoms with E-state index in [1.54, 1.807) is 0 Å². The van der Waals surface area contributed by atoms with E-state index in [2.05, 4.69) is 18.8 Å². The molecule has 92 valence electrons. The van der Waals surface area contributed by atoms with Crippen molar-refractivity contribution in [2.24, 2.45) is 5.92 Å². The fourth-order valence-electron chi connectivity index (χ4n) is 1.62. The zero-order chi connectivity index (χ0) is 12.0. The molecule has 0 aliphatic rings. The molecule has 1 aromatic heterocycles. The highest BCUT2D eigenvalue weighted by atomic mass is 32.2. The molecule has 0 saturated carbocycles.